The predicted molar refractivity (Wildman–Crippen MR) is 201 cm³/mol. The summed E-state index contributed by atoms with van der Waals surface area (Å²) in [5, 5.41) is 7.56. The molecule has 2 heterocycles. The third kappa shape index (κ3) is 15.4. The molecule has 0 spiro atoms. The van der Waals surface area contributed by atoms with E-state index in [0.29, 0.717) is 64.1 Å². The second-order valence-corrected chi connectivity index (χ2v) is 12.8. The molecule has 2 aromatic heterocycles. The molecule has 0 aliphatic carbocycles. The third-order valence-electron chi connectivity index (χ3n) is 7.96. The number of aromatic amines is 1. The fraction of sp³-hybridized carbons (Fsp3) is 0.528. The number of aromatic nitrogens is 4. The molecular weight excluding hydrogens is 775 g/mol. The molecule has 4 amide bonds. The molecule has 0 bridgehead atoms. The Labute approximate surface area is 330 Å². The monoisotopic (exact) mass is 823 g/mol. The minimum absolute atomic E-state index is 0.0915. The number of esters is 1. The number of ether oxygens (including phenoxy) is 4. The molecular formula is C36H48F3N9O10. The van der Waals surface area contributed by atoms with Crippen molar-refractivity contribution in [3.63, 3.8) is 0 Å². The molecule has 3 rings (SSSR count). The topological polar surface area (TPSA) is 259 Å². The molecule has 0 saturated carbocycles. The Hall–Kier alpha value is -5.58. The average Bonchev–Trinajstić information content (AvgIpc) is 3.19. The van der Waals surface area contributed by atoms with Crippen LogP contribution in [0.1, 0.15) is 55.6 Å². The number of nitrogens with two attached hydrogens (primary N) is 1. The van der Waals surface area contributed by atoms with Crippen LogP contribution in [0.4, 0.5) is 24.8 Å². The van der Waals surface area contributed by atoms with Crippen molar-refractivity contribution in [2.75, 3.05) is 70.1 Å². The van der Waals surface area contributed by atoms with E-state index in [1.807, 2.05) is 0 Å². The van der Waals surface area contributed by atoms with Crippen LogP contribution in [-0.2, 0) is 44.7 Å². The number of benzene rings is 1. The Bertz CT molecular complexity index is 1900. The van der Waals surface area contributed by atoms with Crippen LogP contribution in [0, 0.1) is 5.92 Å². The van der Waals surface area contributed by atoms with Crippen LogP contribution in [0.25, 0.3) is 11.2 Å². The number of carbonyl (C=O) groups excluding carboxylic acids is 5. The van der Waals surface area contributed by atoms with Gasteiger partial charge in [-0.05, 0) is 50.1 Å². The quantitative estimate of drug-likeness (QED) is 0.0632. The molecule has 318 valence electrons. The lowest BCUT2D eigenvalue weighted by Gasteiger charge is -2.24. The van der Waals surface area contributed by atoms with E-state index in [-0.39, 0.29) is 46.9 Å². The number of rotatable bonds is 24. The molecule has 22 heteroatoms. The lowest BCUT2D eigenvalue weighted by atomic mass is 10.1. The van der Waals surface area contributed by atoms with Gasteiger partial charge in [-0.2, -0.15) is 18.2 Å². The third-order valence-corrected chi connectivity index (χ3v) is 7.96. The molecule has 6 N–H and O–H groups in total. The number of carbonyl (C=O) groups is 5. The average molecular weight is 824 g/mol. The lowest BCUT2D eigenvalue weighted by molar-refractivity contribution is -0.170. The van der Waals surface area contributed by atoms with Crippen molar-refractivity contribution in [1.82, 2.24) is 30.6 Å². The number of nitrogens with zero attached hydrogens (tertiary/aromatic N) is 4. The van der Waals surface area contributed by atoms with Crippen molar-refractivity contribution in [3.8, 4) is 0 Å². The number of alkyl halides is 3. The van der Waals surface area contributed by atoms with Gasteiger partial charge >= 0.3 is 18.1 Å². The maximum Gasteiger partial charge on any atom is 0.471 e. The molecule has 58 heavy (non-hydrogen) atoms. The summed E-state index contributed by atoms with van der Waals surface area (Å²) >= 11 is 0. The first-order valence-corrected chi connectivity index (χ1v) is 18.3. The molecule has 0 fully saturated rings. The second kappa shape index (κ2) is 23.6. The minimum atomic E-state index is -5.33. The van der Waals surface area contributed by atoms with Gasteiger partial charge in [-0.25, -0.2) is 14.8 Å². The number of nitrogens with one attached hydrogen (secondary N) is 4. The van der Waals surface area contributed by atoms with Gasteiger partial charge in [0.15, 0.2) is 11.2 Å². The van der Waals surface area contributed by atoms with E-state index >= 15 is 0 Å². The van der Waals surface area contributed by atoms with Gasteiger partial charge < -0.3 is 35.3 Å². The van der Waals surface area contributed by atoms with Crippen LogP contribution < -0.4 is 32.1 Å². The SMILES string of the molecule is COC(=O)[C@@H](CCC(=O)NCCCOCCOCCOCCCN)NC(=O)c1ccc(N(Cc2cnc3nc(NC(=O)C(C)C)[nH]c(=O)c3n2)C(=O)C(F)(F)F)cc1. The maximum atomic E-state index is 13.7. The number of hydrogen-bond acceptors (Lipinski definition) is 14. The van der Waals surface area contributed by atoms with Gasteiger partial charge in [0.1, 0.15) is 6.04 Å². The summed E-state index contributed by atoms with van der Waals surface area (Å²) < 4.78 is 62.1. The molecule has 0 radical (unpaired) electrons. The number of hydrogen-bond donors (Lipinski definition) is 5. The van der Waals surface area contributed by atoms with E-state index < -0.39 is 59.8 Å². The van der Waals surface area contributed by atoms with Gasteiger partial charge in [-0.3, -0.25) is 39.2 Å². The fourth-order valence-electron chi connectivity index (χ4n) is 4.86. The molecule has 1 aromatic carbocycles. The highest BCUT2D eigenvalue weighted by Gasteiger charge is 2.43. The molecule has 19 nitrogen and oxygen atoms in total. The summed E-state index contributed by atoms with van der Waals surface area (Å²) in [6, 6.07) is 3.16. The number of fused-ring (bicyclic) bond motifs is 1. The van der Waals surface area contributed by atoms with E-state index in [1.165, 1.54) is 0 Å². The van der Waals surface area contributed by atoms with Gasteiger partial charge in [-0.15, -0.1) is 0 Å². The van der Waals surface area contributed by atoms with Gasteiger partial charge in [-0.1, -0.05) is 13.8 Å². The van der Waals surface area contributed by atoms with Crippen molar-refractivity contribution in [3.05, 3.63) is 52.1 Å². The summed E-state index contributed by atoms with van der Waals surface area (Å²) in [5.41, 5.74) is 3.38. The Kier molecular flexibility index (Phi) is 19.0. The smallest absolute Gasteiger partial charge is 0.467 e. The first-order chi connectivity index (χ1) is 27.6. The fourth-order valence-corrected chi connectivity index (χ4v) is 4.86. The Morgan fingerprint density at radius 1 is 0.931 bits per heavy atom. The van der Waals surface area contributed by atoms with Crippen LogP contribution in [0.15, 0.2) is 35.3 Å². The Morgan fingerprint density at radius 3 is 2.17 bits per heavy atom. The van der Waals surface area contributed by atoms with Crippen LogP contribution in [0.5, 0.6) is 0 Å². The standard InChI is InChI=1S/C36H48F3N9O10/c1-22(2)30(50)46-35-45-29-28(32(52)47-35)43-24(20-42-29)21-48(34(54)36(37,38)39)25-8-6-23(7-9-25)31(51)44-26(33(53)55-3)10-11-27(49)41-13-5-15-57-17-19-58-18-16-56-14-4-12-40/h6-9,20,22,26H,4-5,10-19,21,40H2,1-3H3,(H,41,49)(H,44,51)(H2,42,45,46,47,50,52)/t26-/m1/s1. The number of H-pyrrole nitrogens is 1. The summed E-state index contributed by atoms with van der Waals surface area (Å²) in [7, 11) is 1.10. The summed E-state index contributed by atoms with van der Waals surface area (Å²) in [4.78, 5) is 89.8. The summed E-state index contributed by atoms with van der Waals surface area (Å²) in [6.07, 6.45) is -3.28. The first kappa shape index (κ1) is 46.8. The molecule has 1 atom stereocenters. The number of amides is 4. The lowest BCUT2D eigenvalue weighted by Crippen LogP contribution is -2.42. The zero-order valence-corrected chi connectivity index (χ0v) is 32.3. The van der Waals surface area contributed by atoms with Gasteiger partial charge in [0.25, 0.3) is 11.5 Å². The first-order valence-electron chi connectivity index (χ1n) is 18.3. The van der Waals surface area contributed by atoms with Crippen molar-refractivity contribution < 1.29 is 56.1 Å². The van der Waals surface area contributed by atoms with E-state index in [0.717, 1.165) is 44.0 Å². The minimum Gasteiger partial charge on any atom is -0.467 e. The van der Waals surface area contributed by atoms with Gasteiger partial charge in [0, 0.05) is 43.3 Å². The van der Waals surface area contributed by atoms with Crippen LogP contribution in [-0.4, -0.2) is 122 Å². The maximum absolute atomic E-state index is 13.7. The van der Waals surface area contributed by atoms with E-state index in [1.54, 1.807) is 13.8 Å². The van der Waals surface area contributed by atoms with Crippen molar-refractivity contribution in [2.45, 2.75) is 58.3 Å². The van der Waals surface area contributed by atoms with E-state index in [2.05, 4.69) is 35.9 Å². The molecule has 0 unspecified atom stereocenters. The zero-order chi connectivity index (χ0) is 42.7. The highest BCUT2D eigenvalue weighted by atomic mass is 19.4. The summed E-state index contributed by atoms with van der Waals surface area (Å²) in [6.45, 7) is 5.94. The molecule has 3 aromatic rings. The van der Waals surface area contributed by atoms with Crippen LogP contribution in [0.2, 0.25) is 0 Å². The van der Waals surface area contributed by atoms with Gasteiger partial charge in [0.2, 0.25) is 17.8 Å². The molecule has 0 saturated heterocycles. The summed E-state index contributed by atoms with van der Waals surface area (Å²) in [5.74, 6) is -5.39. The van der Waals surface area contributed by atoms with Crippen molar-refractivity contribution >= 4 is 52.4 Å². The number of methoxy groups -OCH3 is 1. The largest absolute Gasteiger partial charge is 0.471 e. The van der Waals surface area contributed by atoms with E-state index in [9.17, 15) is 41.9 Å². The van der Waals surface area contributed by atoms with Crippen LogP contribution in [0.3, 0.4) is 0 Å². The normalized spacial score (nSPS) is 11.9. The van der Waals surface area contributed by atoms with Crippen LogP contribution >= 0.6 is 0 Å². The predicted octanol–water partition coefficient (Wildman–Crippen LogP) is 1.36. The Balaban J connectivity index is 1.57. The van der Waals surface area contributed by atoms with Crippen molar-refractivity contribution in [2.24, 2.45) is 11.7 Å². The van der Waals surface area contributed by atoms with Crippen molar-refractivity contribution in [1.29, 1.82) is 0 Å². The second-order valence-electron chi connectivity index (χ2n) is 12.8. The molecule has 0 aliphatic heterocycles. The van der Waals surface area contributed by atoms with Gasteiger partial charge in [0.05, 0.1) is 52.0 Å². The highest BCUT2D eigenvalue weighted by Crippen LogP contribution is 2.26. The Morgan fingerprint density at radius 2 is 1.57 bits per heavy atom. The molecule has 0 aliphatic rings. The number of anilines is 2. The zero-order valence-electron chi connectivity index (χ0n) is 32.3. The van der Waals surface area contributed by atoms with E-state index in [4.69, 9.17) is 24.7 Å². The highest BCUT2D eigenvalue weighted by molar-refractivity contribution is 5.99. The number of halogens is 3.